The van der Waals surface area contributed by atoms with Crippen molar-refractivity contribution < 1.29 is 14.6 Å². The lowest BCUT2D eigenvalue weighted by Crippen LogP contribution is -2.51. The first kappa shape index (κ1) is 19.6. The van der Waals surface area contributed by atoms with Crippen molar-refractivity contribution in [1.29, 1.82) is 0 Å². The zero-order chi connectivity index (χ0) is 21.2. The van der Waals surface area contributed by atoms with Gasteiger partial charge in [0, 0.05) is 19.0 Å². The van der Waals surface area contributed by atoms with Crippen molar-refractivity contribution in [3.63, 3.8) is 0 Å². The minimum atomic E-state index is -1.13. The highest BCUT2D eigenvalue weighted by molar-refractivity contribution is 5.83. The fraction of sp³-hybridized carbons (Fsp3) is 0.222. The quantitative estimate of drug-likeness (QED) is 0.490. The number of ether oxygens (including phenoxy) is 1. The van der Waals surface area contributed by atoms with Crippen LogP contribution in [-0.4, -0.2) is 30.2 Å². The number of carbonyl (C=O) groups is 1. The highest BCUT2D eigenvalue weighted by atomic mass is 16.5. The Kier molecular flexibility index (Phi) is 5.31. The van der Waals surface area contributed by atoms with E-state index in [1.54, 1.807) is 0 Å². The lowest BCUT2D eigenvalue weighted by Gasteiger charge is -2.40. The molecule has 0 radical (unpaired) electrons. The van der Waals surface area contributed by atoms with E-state index in [1.165, 1.54) is 32.0 Å². The van der Waals surface area contributed by atoms with E-state index in [1.807, 2.05) is 24.3 Å². The Balaban J connectivity index is 1.40. The highest BCUT2D eigenvalue weighted by Gasteiger charge is 2.31. The number of likely N-dealkylation sites (tertiary alicyclic amines) is 1. The van der Waals surface area contributed by atoms with Gasteiger partial charge in [-0.25, -0.2) is 0 Å². The number of benzene rings is 4. The van der Waals surface area contributed by atoms with Crippen molar-refractivity contribution in [3.05, 3.63) is 96.1 Å². The van der Waals surface area contributed by atoms with E-state index in [4.69, 9.17) is 4.74 Å². The van der Waals surface area contributed by atoms with Crippen molar-refractivity contribution in [1.82, 2.24) is 4.90 Å². The van der Waals surface area contributed by atoms with Gasteiger partial charge >= 0.3 is 0 Å². The zero-order valence-corrected chi connectivity index (χ0v) is 17.2. The van der Waals surface area contributed by atoms with Gasteiger partial charge < -0.3 is 19.5 Å². The summed E-state index contributed by atoms with van der Waals surface area (Å²) >= 11 is 0. The second-order valence-corrected chi connectivity index (χ2v) is 8.24. The predicted molar refractivity (Wildman–Crippen MR) is 121 cm³/mol. The summed E-state index contributed by atoms with van der Waals surface area (Å²) in [5.74, 6) is 0.140. The number of hydrogen-bond donors (Lipinski definition) is 0. The first-order valence-electron chi connectivity index (χ1n) is 10.7. The molecule has 4 aromatic rings. The van der Waals surface area contributed by atoms with Crippen LogP contribution in [0.1, 0.15) is 23.5 Å². The number of piperidine rings is 1. The van der Waals surface area contributed by atoms with Gasteiger partial charge in [0.2, 0.25) is 0 Å². The molecule has 5 rings (SSSR count). The van der Waals surface area contributed by atoms with E-state index in [9.17, 15) is 9.90 Å². The Bertz CT molecular complexity index is 1240. The number of carbonyl (C=O) groups excluding carboxylic acids is 1. The van der Waals surface area contributed by atoms with Gasteiger partial charge in [-0.05, 0) is 45.2 Å². The van der Waals surface area contributed by atoms with Crippen molar-refractivity contribution in [2.45, 2.75) is 25.0 Å². The third-order valence-corrected chi connectivity index (χ3v) is 6.30. The molecule has 4 aromatic carbocycles. The molecule has 0 aliphatic carbocycles. The summed E-state index contributed by atoms with van der Waals surface area (Å²) in [5, 5.41) is 16.3. The molecular formula is C27H24NO3-. The summed E-state index contributed by atoms with van der Waals surface area (Å²) < 4.78 is 6.34. The van der Waals surface area contributed by atoms with E-state index in [0.717, 1.165) is 5.56 Å². The van der Waals surface area contributed by atoms with Crippen LogP contribution in [0.15, 0.2) is 84.9 Å². The average molecular weight is 410 g/mol. The second-order valence-electron chi connectivity index (χ2n) is 8.24. The molecular weight excluding hydrogens is 386 g/mol. The van der Waals surface area contributed by atoms with Gasteiger partial charge in [-0.2, -0.15) is 0 Å². The smallest absolute Gasteiger partial charge is 0.137 e. The minimum absolute atomic E-state index is 0.140. The zero-order valence-electron chi connectivity index (χ0n) is 17.2. The maximum atomic E-state index is 11.5. The number of nitrogens with zero attached hydrogens (tertiary/aromatic N) is 1. The summed E-state index contributed by atoms with van der Waals surface area (Å²) in [6.45, 7) is 1.24. The van der Waals surface area contributed by atoms with Gasteiger partial charge in [0.25, 0.3) is 0 Å². The van der Waals surface area contributed by atoms with Gasteiger partial charge in [0.05, 0.1) is 12.7 Å². The molecule has 0 saturated carbocycles. The fourth-order valence-corrected chi connectivity index (χ4v) is 4.60. The molecule has 4 nitrogen and oxygen atoms in total. The van der Waals surface area contributed by atoms with Crippen molar-refractivity contribution in [2.75, 3.05) is 13.1 Å². The van der Waals surface area contributed by atoms with Crippen LogP contribution in [0.25, 0.3) is 21.5 Å². The van der Waals surface area contributed by atoms with Gasteiger partial charge in [0.15, 0.2) is 0 Å². The molecule has 0 aromatic heterocycles. The molecule has 4 heteroatoms. The standard InChI is InChI=1S/C27H25NO3/c29-27(30)28-14-13-25(24-12-11-21-6-2-4-8-23(21)16-24)26(17-28)31-18-19-9-10-20-5-1-3-7-22(20)15-19/h1-12,15-16,25-26H,13-14,17-18H2,(H,29,30)/p-1. The molecule has 1 aliphatic rings. The van der Waals surface area contributed by atoms with E-state index >= 15 is 0 Å². The third kappa shape index (κ3) is 4.12. The summed E-state index contributed by atoms with van der Waals surface area (Å²) in [6, 6.07) is 29.3. The summed E-state index contributed by atoms with van der Waals surface area (Å²) in [4.78, 5) is 12.9. The SMILES string of the molecule is O=C([O-])N1CCC(c2ccc3ccccc3c2)C(OCc2ccc3ccccc3c2)C1. The van der Waals surface area contributed by atoms with Crippen LogP contribution < -0.4 is 5.11 Å². The molecule has 2 unspecified atom stereocenters. The van der Waals surface area contributed by atoms with Crippen LogP contribution >= 0.6 is 0 Å². The predicted octanol–water partition coefficient (Wildman–Crippen LogP) is 4.71. The number of amides is 1. The lowest BCUT2D eigenvalue weighted by atomic mass is 9.86. The molecule has 0 N–H and O–H groups in total. The molecule has 156 valence electrons. The Hall–Kier alpha value is -3.37. The largest absolute Gasteiger partial charge is 0.530 e. The maximum absolute atomic E-state index is 11.5. The number of rotatable bonds is 4. The van der Waals surface area contributed by atoms with Crippen molar-refractivity contribution in [2.24, 2.45) is 0 Å². The number of fused-ring (bicyclic) bond motifs is 2. The molecule has 0 bridgehead atoms. The molecule has 1 heterocycles. The topological polar surface area (TPSA) is 52.6 Å². The number of hydrogen-bond acceptors (Lipinski definition) is 3. The van der Waals surface area contributed by atoms with Crippen LogP contribution in [0.3, 0.4) is 0 Å². The van der Waals surface area contributed by atoms with Crippen LogP contribution in [-0.2, 0) is 11.3 Å². The molecule has 1 amide bonds. The van der Waals surface area contributed by atoms with Crippen LogP contribution in [0.5, 0.6) is 0 Å². The normalized spacial score (nSPS) is 19.0. The van der Waals surface area contributed by atoms with Gasteiger partial charge in [-0.1, -0.05) is 78.9 Å². The molecule has 1 aliphatic heterocycles. The summed E-state index contributed by atoms with van der Waals surface area (Å²) in [5.41, 5.74) is 2.28. The van der Waals surface area contributed by atoms with E-state index in [-0.39, 0.29) is 12.0 Å². The Labute approximate surface area is 181 Å². The maximum Gasteiger partial charge on any atom is 0.137 e. The molecule has 2 atom stereocenters. The number of carboxylic acid groups (broad SMARTS) is 1. The van der Waals surface area contributed by atoms with Crippen LogP contribution in [0.2, 0.25) is 0 Å². The monoisotopic (exact) mass is 410 g/mol. The van der Waals surface area contributed by atoms with E-state index in [0.29, 0.717) is 26.1 Å². The third-order valence-electron chi connectivity index (χ3n) is 6.30. The highest BCUT2D eigenvalue weighted by Crippen LogP contribution is 2.33. The molecule has 31 heavy (non-hydrogen) atoms. The summed E-state index contributed by atoms with van der Waals surface area (Å²) in [7, 11) is 0. The lowest BCUT2D eigenvalue weighted by molar-refractivity contribution is -0.268. The van der Waals surface area contributed by atoms with E-state index < -0.39 is 6.09 Å². The second kappa shape index (κ2) is 8.40. The van der Waals surface area contributed by atoms with E-state index in [2.05, 4.69) is 60.7 Å². The Morgan fingerprint density at radius 2 is 1.52 bits per heavy atom. The molecule has 0 spiro atoms. The van der Waals surface area contributed by atoms with Crippen molar-refractivity contribution in [3.8, 4) is 0 Å². The Morgan fingerprint density at radius 1 is 0.871 bits per heavy atom. The molecule has 1 saturated heterocycles. The van der Waals surface area contributed by atoms with Crippen LogP contribution in [0.4, 0.5) is 4.79 Å². The van der Waals surface area contributed by atoms with Gasteiger partial charge in [-0.15, -0.1) is 0 Å². The molecule has 1 fully saturated rings. The fourth-order valence-electron chi connectivity index (χ4n) is 4.60. The van der Waals surface area contributed by atoms with Gasteiger partial charge in [0.1, 0.15) is 6.09 Å². The first-order valence-corrected chi connectivity index (χ1v) is 10.7. The first-order chi connectivity index (χ1) is 15.2. The Morgan fingerprint density at radius 3 is 2.23 bits per heavy atom. The van der Waals surface area contributed by atoms with Gasteiger partial charge in [-0.3, -0.25) is 0 Å². The average Bonchev–Trinajstić information content (AvgIpc) is 2.82. The summed E-state index contributed by atoms with van der Waals surface area (Å²) in [6.07, 6.45) is -0.634. The minimum Gasteiger partial charge on any atom is -0.530 e. The van der Waals surface area contributed by atoms with Crippen LogP contribution in [0, 0.1) is 0 Å². The van der Waals surface area contributed by atoms with Crippen molar-refractivity contribution >= 4 is 27.6 Å².